The molecule has 1 unspecified atom stereocenters. The number of alkyl carbamates (subject to hydrolysis) is 1. The van der Waals surface area contributed by atoms with Crippen LogP contribution in [-0.2, 0) is 19.1 Å². The molecule has 1 saturated heterocycles. The van der Waals surface area contributed by atoms with E-state index in [0.29, 0.717) is 18.7 Å². The lowest BCUT2D eigenvalue weighted by molar-refractivity contribution is -0.145. The van der Waals surface area contributed by atoms with Gasteiger partial charge in [-0.05, 0) is 69.4 Å². The highest BCUT2D eigenvalue weighted by molar-refractivity contribution is 7.18. The second-order valence-corrected chi connectivity index (χ2v) is 14.8. The quantitative estimate of drug-likeness (QED) is 0.328. The number of benzene rings is 1. The molecule has 2 fully saturated rings. The van der Waals surface area contributed by atoms with E-state index in [1.807, 2.05) is 54.6 Å². The summed E-state index contributed by atoms with van der Waals surface area (Å²) in [6.45, 7) is 5.30. The molecule has 3 aliphatic rings. The average molecular weight is 676 g/mol. The van der Waals surface area contributed by atoms with Gasteiger partial charge in [0.25, 0.3) is 0 Å². The topological polar surface area (TPSA) is 169 Å². The Morgan fingerprint density at radius 1 is 1.08 bits per heavy atom. The predicted octanol–water partition coefficient (Wildman–Crippen LogP) is 4.58. The van der Waals surface area contributed by atoms with Gasteiger partial charge in [-0.2, -0.15) is 4.80 Å². The second-order valence-electron chi connectivity index (χ2n) is 13.7. The van der Waals surface area contributed by atoms with Crippen LogP contribution in [0.15, 0.2) is 54.6 Å². The van der Waals surface area contributed by atoms with Crippen molar-refractivity contribution in [3.05, 3.63) is 54.6 Å². The third-order valence-corrected chi connectivity index (χ3v) is 10.1. The van der Waals surface area contributed by atoms with Crippen molar-refractivity contribution < 1.29 is 29.0 Å². The summed E-state index contributed by atoms with van der Waals surface area (Å²) < 4.78 is 5.47. The number of hydrogen-bond acceptors (Lipinski definition) is 9. The fraction of sp³-hybridized carbons (Fsp3) is 0.500. The summed E-state index contributed by atoms with van der Waals surface area (Å²) >= 11 is 1.53. The molecule has 0 spiro atoms. The van der Waals surface area contributed by atoms with E-state index < -0.39 is 53.1 Å². The van der Waals surface area contributed by atoms with Crippen molar-refractivity contribution >= 4 is 35.2 Å². The van der Waals surface area contributed by atoms with Crippen molar-refractivity contribution in [1.29, 1.82) is 0 Å². The first-order chi connectivity index (χ1) is 22.9. The lowest BCUT2D eigenvalue weighted by atomic mass is 10.0. The zero-order chi connectivity index (χ0) is 34.1. The highest BCUT2D eigenvalue weighted by atomic mass is 32.1. The third-order valence-electron chi connectivity index (χ3n) is 8.97. The largest absolute Gasteiger partial charge is 0.479 e. The van der Waals surface area contributed by atoms with Crippen LogP contribution in [0.2, 0.25) is 0 Å². The molecule has 2 aromatic heterocycles. The van der Waals surface area contributed by atoms with E-state index in [-0.39, 0.29) is 25.3 Å². The van der Waals surface area contributed by atoms with E-state index >= 15 is 0 Å². The van der Waals surface area contributed by atoms with Gasteiger partial charge in [0.05, 0.1) is 10.9 Å². The minimum atomic E-state index is -1.43. The number of aliphatic carboxylic acids is 1. The van der Waals surface area contributed by atoms with Crippen molar-refractivity contribution in [2.75, 3.05) is 6.54 Å². The Morgan fingerprint density at radius 3 is 2.60 bits per heavy atom. The summed E-state index contributed by atoms with van der Waals surface area (Å²) in [6.07, 6.45) is 6.94. The zero-order valence-corrected chi connectivity index (χ0v) is 28.1. The van der Waals surface area contributed by atoms with E-state index in [9.17, 15) is 24.3 Å². The van der Waals surface area contributed by atoms with Crippen molar-refractivity contribution in [2.45, 2.75) is 95.0 Å². The van der Waals surface area contributed by atoms with Gasteiger partial charge >= 0.3 is 12.1 Å². The van der Waals surface area contributed by atoms with Gasteiger partial charge in [0.15, 0.2) is 0 Å². The van der Waals surface area contributed by atoms with E-state index in [2.05, 4.69) is 26.0 Å². The number of hydrogen-bond donors (Lipinski definition) is 3. The number of thiophene rings is 1. The standard InChI is InChI=1S/C34H41N7O6S/c1-33(2,3)47-32(46)35-24-15-11-6-4-5-10-14-22-19-34(22,31(44)45)36-29(42)25-18-23(20-40(25)30(24)43)41-38-28(37-39-41)27-17-16-26(48-27)21-12-8-7-9-13-21/h7-10,12-14,16-17,22-25H,4-6,11,15,18-20H2,1-3H3,(H,35,46)(H,36,42)(H,44,45)/b14-10-/t22-,23?,24+,25-,34-/m0/s1. The molecule has 4 heterocycles. The molecule has 2 aliphatic heterocycles. The van der Waals surface area contributed by atoms with Crippen LogP contribution in [0.1, 0.15) is 71.8 Å². The van der Waals surface area contributed by atoms with Crippen LogP contribution >= 0.6 is 11.3 Å². The maximum absolute atomic E-state index is 14.2. The summed E-state index contributed by atoms with van der Waals surface area (Å²) in [7, 11) is 0. The van der Waals surface area contributed by atoms with Gasteiger partial charge in [0.2, 0.25) is 17.6 Å². The molecule has 254 valence electrons. The number of nitrogens with zero attached hydrogens (tertiary/aromatic N) is 5. The minimum absolute atomic E-state index is 0.0718. The normalized spacial score (nSPS) is 27.1. The van der Waals surface area contributed by atoms with Crippen LogP contribution in [0.5, 0.6) is 0 Å². The van der Waals surface area contributed by atoms with Crippen LogP contribution < -0.4 is 10.6 Å². The summed E-state index contributed by atoms with van der Waals surface area (Å²) in [4.78, 5) is 58.1. The summed E-state index contributed by atoms with van der Waals surface area (Å²) in [6, 6.07) is 11.4. The fourth-order valence-corrected chi connectivity index (χ4v) is 7.33. The SMILES string of the molecule is CC(C)(C)OC(=O)N[C@@H]1CCCCC/C=C\[C@H]2C[C@]2(C(=O)O)NC(=O)[C@@H]2CC(n3nnc(-c4ccc(-c5ccccc5)s4)n3)CN2C1=O. The molecule has 14 heteroatoms. The molecule has 5 atom stereocenters. The number of carbonyl (C=O) groups is 4. The number of allylic oxidation sites excluding steroid dienone is 1. The van der Waals surface area contributed by atoms with E-state index in [1.165, 1.54) is 21.0 Å². The number of amides is 3. The zero-order valence-electron chi connectivity index (χ0n) is 27.3. The Morgan fingerprint density at radius 2 is 1.85 bits per heavy atom. The second kappa shape index (κ2) is 13.5. The molecule has 3 N–H and O–H groups in total. The highest BCUT2D eigenvalue weighted by Crippen LogP contribution is 2.45. The number of ether oxygens (including phenoxy) is 1. The molecule has 1 saturated carbocycles. The van der Waals surface area contributed by atoms with E-state index in [0.717, 1.165) is 34.6 Å². The number of fused-ring (bicyclic) bond motifs is 2. The molecule has 3 aromatic rings. The maximum atomic E-state index is 14.2. The van der Waals surface area contributed by atoms with Gasteiger partial charge < -0.3 is 25.4 Å². The molecule has 6 rings (SSSR count). The molecule has 1 aliphatic carbocycles. The maximum Gasteiger partial charge on any atom is 0.408 e. The predicted molar refractivity (Wildman–Crippen MR) is 178 cm³/mol. The molecule has 13 nitrogen and oxygen atoms in total. The number of carboxylic acids is 1. The van der Waals surface area contributed by atoms with E-state index in [1.54, 1.807) is 20.8 Å². The fourth-order valence-electron chi connectivity index (χ4n) is 6.39. The summed E-state index contributed by atoms with van der Waals surface area (Å²) in [5, 5.41) is 28.9. The Balaban J connectivity index is 1.27. The Kier molecular flexibility index (Phi) is 9.37. The van der Waals surface area contributed by atoms with Gasteiger partial charge in [-0.15, -0.1) is 21.5 Å². The minimum Gasteiger partial charge on any atom is -0.479 e. The Labute approximate surface area is 282 Å². The van der Waals surface area contributed by atoms with Crippen LogP contribution in [0.4, 0.5) is 4.79 Å². The molecule has 1 aromatic carbocycles. The van der Waals surface area contributed by atoms with Crippen LogP contribution in [-0.4, -0.2) is 83.9 Å². The summed E-state index contributed by atoms with van der Waals surface area (Å²) in [5.74, 6) is -2.04. The molecule has 48 heavy (non-hydrogen) atoms. The number of tetrazole rings is 1. The van der Waals surface area contributed by atoms with Gasteiger partial charge in [0.1, 0.15) is 23.2 Å². The van der Waals surface area contributed by atoms with Crippen molar-refractivity contribution in [1.82, 2.24) is 35.7 Å². The van der Waals surface area contributed by atoms with Crippen molar-refractivity contribution in [3.8, 4) is 21.1 Å². The monoisotopic (exact) mass is 675 g/mol. The van der Waals surface area contributed by atoms with Gasteiger partial charge in [-0.3, -0.25) is 9.59 Å². The van der Waals surface area contributed by atoms with Gasteiger partial charge in [-0.1, -0.05) is 55.3 Å². The molecular formula is C34H41N7O6S. The molecule has 3 amide bonds. The number of nitrogens with one attached hydrogen (secondary N) is 2. The molecule has 0 bridgehead atoms. The van der Waals surface area contributed by atoms with E-state index in [4.69, 9.17) is 4.74 Å². The van der Waals surface area contributed by atoms with Crippen LogP contribution in [0.3, 0.4) is 0 Å². The highest BCUT2D eigenvalue weighted by Gasteiger charge is 2.61. The number of rotatable bonds is 5. The molecular weight excluding hydrogens is 634 g/mol. The van der Waals surface area contributed by atoms with Crippen LogP contribution in [0.25, 0.3) is 21.1 Å². The van der Waals surface area contributed by atoms with Crippen molar-refractivity contribution in [2.24, 2.45) is 5.92 Å². The lowest BCUT2D eigenvalue weighted by Gasteiger charge is -2.30. The lowest BCUT2D eigenvalue weighted by Crippen LogP contribution is -2.56. The van der Waals surface area contributed by atoms with Crippen LogP contribution in [0, 0.1) is 5.92 Å². The number of carbonyl (C=O) groups excluding carboxylic acids is 3. The first-order valence-electron chi connectivity index (χ1n) is 16.4. The smallest absolute Gasteiger partial charge is 0.408 e. The number of carboxylic acid groups (broad SMARTS) is 1. The van der Waals surface area contributed by atoms with Gasteiger partial charge in [0, 0.05) is 23.8 Å². The first-order valence-corrected chi connectivity index (χ1v) is 17.2. The Hall–Kier alpha value is -4.59. The first kappa shape index (κ1) is 33.3. The average Bonchev–Trinajstić information content (AvgIpc) is 3.49. The van der Waals surface area contributed by atoms with Gasteiger partial charge in [-0.25, -0.2) is 9.59 Å². The Bertz CT molecular complexity index is 1700. The summed E-state index contributed by atoms with van der Waals surface area (Å²) in [5.41, 5.74) is -1.12. The molecule has 0 radical (unpaired) electrons. The number of aromatic nitrogens is 4. The third kappa shape index (κ3) is 7.28. The van der Waals surface area contributed by atoms with Crippen molar-refractivity contribution in [3.63, 3.8) is 0 Å².